The molecule has 1 heterocycles. The van der Waals surface area contributed by atoms with E-state index in [0.29, 0.717) is 17.2 Å². The number of hydrogen-bond acceptors (Lipinski definition) is 4. The lowest BCUT2D eigenvalue weighted by Gasteiger charge is -2.08. The number of nitrogen functional groups attached to an aromatic ring is 1. The van der Waals surface area contributed by atoms with Gasteiger partial charge in [0.1, 0.15) is 17.2 Å². The van der Waals surface area contributed by atoms with Gasteiger partial charge in [-0.05, 0) is 36.8 Å². The summed E-state index contributed by atoms with van der Waals surface area (Å²) in [5.41, 5.74) is 12.7. The molecule has 5 nitrogen and oxygen atoms in total. The van der Waals surface area contributed by atoms with Crippen molar-refractivity contribution < 1.29 is 9.53 Å². The number of hydrogen-bond donors (Lipinski definition) is 2. The minimum Gasteiger partial charge on any atom is -0.457 e. The lowest BCUT2D eigenvalue weighted by atomic mass is 10.2. The van der Waals surface area contributed by atoms with Crippen LogP contribution < -0.4 is 16.2 Å². The second-order valence-corrected chi connectivity index (χ2v) is 3.86. The number of anilines is 1. The Morgan fingerprint density at radius 3 is 2.61 bits per heavy atom. The van der Waals surface area contributed by atoms with Crippen LogP contribution in [0.3, 0.4) is 0 Å². The van der Waals surface area contributed by atoms with E-state index in [9.17, 15) is 4.79 Å². The third kappa shape index (κ3) is 2.57. The van der Waals surface area contributed by atoms with Crippen LogP contribution in [0.5, 0.6) is 11.5 Å². The Morgan fingerprint density at radius 1 is 1.22 bits per heavy atom. The molecule has 5 heteroatoms. The Hall–Kier alpha value is -2.56. The fourth-order valence-corrected chi connectivity index (χ4v) is 1.46. The third-order valence-corrected chi connectivity index (χ3v) is 2.46. The van der Waals surface area contributed by atoms with Crippen LogP contribution in [0.15, 0.2) is 36.5 Å². The molecule has 0 aliphatic rings. The number of nitrogens with zero attached hydrogens (tertiary/aromatic N) is 1. The lowest BCUT2D eigenvalue weighted by molar-refractivity contribution is 0.0995. The SMILES string of the molecule is Cc1cc(Oc2ccnc(C(N)=O)c2)ccc1N. The summed E-state index contributed by atoms with van der Waals surface area (Å²) in [5.74, 6) is 0.556. The lowest BCUT2D eigenvalue weighted by Crippen LogP contribution is -2.12. The number of nitrogens with two attached hydrogens (primary N) is 2. The first-order valence-corrected chi connectivity index (χ1v) is 5.36. The van der Waals surface area contributed by atoms with Crippen molar-refractivity contribution in [2.24, 2.45) is 5.73 Å². The summed E-state index contributed by atoms with van der Waals surface area (Å²) >= 11 is 0. The number of rotatable bonds is 3. The van der Waals surface area contributed by atoms with Crippen molar-refractivity contribution in [2.45, 2.75) is 6.92 Å². The molecule has 0 unspecified atom stereocenters. The quantitative estimate of drug-likeness (QED) is 0.805. The van der Waals surface area contributed by atoms with E-state index in [1.807, 2.05) is 13.0 Å². The van der Waals surface area contributed by atoms with Crippen molar-refractivity contribution in [1.82, 2.24) is 4.98 Å². The van der Waals surface area contributed by atoms with Gasteiger partial charge in [0, 0.05) is 18.0 Å². The molecule has 0 bridgehead atoms. The highest BCUT2D eigenvalue weighted by molar-refractivity contribution is 5.91. The van der Waals surface area contributed by atoms with Crippen molar-refractivity contribution >= 4 is 11.6 Å². The number of pyridine rings is 1. The standard InChI is InChI=1S/C13H13N3O2/c1-8-6-9(2-3-11(8)14)18-10-4-5-16-12(7-10)13(15)17/h2-7H,14H2,1H3,(H2,15,17). The molecular formula is C13H13N3O2. The normalized spacial score (nSPS) is 10.1. The number of benzene rings is 1. The maximum atomic E-state index is 11.0. The van der Waals surface area contributed by atoms with Gasteiger partial charge in [-0.1, -0.05) is 0 Å². The highest BCUT2D eigenvalue weighted by Crippen LogP contribution is 2.24. The van der Waals surface area contributed by atoms with Crippen molar-refractivity contribution in [3.63, 3.8) is 0 Å². The smallest absolute Gasteiger partial charge is 0.267 e. The molecule has 0 saturated carbocycles. The molecule has 1 amide bonds. The summed E-state index contributed by atoms with van der Waals surface area (Å²) < 4.78 is 5.60. The molecule has 0 atom stereocenters. The molecule has 0 aliphatic heterocycles. The Morgan fingerprint density at radius 2 is 1.94 bits per heavy atom. The molecule has 0 fully saturated rings. The first kappa shape index (κ1) is 11.9. The third-order valence-electron chi connectivity index (χ3n) is 2.46. The average molecular weight is 243 g/mol. The number of carbonyl (C=O) groups is 1. The molecule has 0 aliphatic carbocycles. The highest BCUT2D eigenvalue weighted by Gasteiger charge is 2.05. The second-order valence-electron chi connectivity index (χ2n) is 3.86. The molecule has 4 N–H and O–H groups in total. The van der Waals surface area contributed by atoms with Crippen LogP contribution in [0.2, 0.25) is 0 Å². The van der Waals surface area contributed by atoms with E-state index < -0.39 is 5.91 Å². The predicted molar refractivity (Wildman–Crippen MR) is 68.4 cm³/mol. The maximum Gasteiger partial charge on any atom is 0.267 e. The molecule has 0 radical (unpaired) electrons. The Kier molecular flexibility index (Phi) is 3.14. The minimum absolute atomic E-state index is 0.166. The van der Waals surface area contributed by atoms with Gasteiger partial charge in [-0.2, -0.15) is 0 Å². The number of ether oxygens (including phenoxy) is 1. The highest BCUT2D eigenvalue weighted by atomic mass is 16.5. The van der Waals surface area contributed by atoms with Gasteiger partial charge in [0.15, 0.2) is 0 Å². The van der Waals surface area contributed by atoms with Crippen LogP contribution in [0.4, 0.5) is 5.69 Å². The number of primary amides is 1. The van der Waals surface area contributed by atoms with Gasteiger partial charge in [0.25, 0.3) is 5.91 Å². The van der Waals surface area contributed by atoms with E-state index in [2.05, 4.69) is 4.98 Å². The van der Waals surface area contributed by atoms with E-state index in [1.54, 1.807) is 18.2 Å². The molecule has 1 aromatic carbocycles. The molecule has 1 aromatic heterocycles. The van der Waals surface area contributed by atoms with E-state index in [-0.39, 0.29) is 5.69 Å². The Balaban J connectivity index is 2.25. The van der Waals surface area contributed by atoms with Crippen LogP contribution in [-0.4, -0.2) is 10.9 Å². The van der Waals surface area contributed by atoms with Crippen molar-refractivity contribution in [3.8, 4) is 11.5 Å². The van der Waals surface area contributed by atoms with Gasteiger partial charge in [-0.15, -0.1) is 0 Å². The fourth-order valence-electron chi connectivity index (χ4n) is 1.46. The largest absolute Gasteiger partial charge is 0.457 e. The van der Waals surface area contributed by atoms with Crippen LogP contribution in [0.1, 0.15) is 16.1 Å². The topological polar surface area (TPSA) is 91.2 Å². The van der Waals surface area contributed by atoms with Gasteiger partial charge >= 0.3 is 0 Å². The van der Waals surface area contributed by atoms with Gasteiger partial charge < -0.3 is 16.2 Å². The molecular weight excluding hydrogens is 230 g/mol. The summed E-state index contributed by atoms with van der Waals surface area (Å²) in [4.78, 5) is 14.8. The number of aromatic nitrogens is 1. The van der Waals surface area contributed by atoms with E-state index in [0.717, 1.165) is 5.56 Å². The van der Waals surface area contributed by atoms with Crippen LogP contribution in [0.25, 0.3) is 0 Å². The van der Waals surface area contributed by atoms with Crippen molar-refractivity contribution in [1.29, 1.82) is 0 Å². The number of carbonyl (C=O) groups excluding carboxylic acids is 1. The van der Waals surface area contributed by atoms with E-state index >= 15 is 0 Å². The Labute approximate surface area is 104 Å². The zero-order valence-corrected chi connectivity index (χ0v) is 9.88. The summed E-state index contributed by atoms with van der Waals surface area (Å²) in [6, 6.07) is 8.49. The number of aryl methyl sites for hydroxylation is 1. The van der Waals surface area contributed by atoms with E-state index in [1.165, 1.54) is 12.3 Å². The van der Waals surface area contributed by atoms with Crippen LogP contribution in [-0.2, 0) is 0 Å². The summed E-state index contributed by atoms with van der Waals surface area (Å²) in [5, 5.41) is 0. The molecule has 0 saturated heterocycles. The minimum atomic E-state index is -0.589. The van der Waals surface area contributed by atoms with Crippen LogP contribution >= 0.6 is 0 Å². The number of amides is 1. The van der Waals surface area contributed by atoms with E-state index in [4.69, 9.17) is 16.2 Å². The van der Waals surface area contributed by atoms with Gasteiger partial charge in [0.05, 0.1) is 0 Å². The van der Waals surface area contributed by atoms with Gasteiger partial charge in [-0.3, -0.25) is 9.78 Å². The zero-order valence-electron chi connectivity index (χ0n) is 9.88. The summed E-state index contributed by atoms with van der Waals surface area (Å²) in [6.07, 6.45) is 1.47. The summed E-state index contributed by atoms with van der Waals surface area (Å²) in [6.45, 7) is 1.89. The first-order valence-electron chi connectivity index (χ1n) is 5.36. The zero-order chi connectivity index (χ0) is 13.1. The summed E-state index contributed by atoms with van der Waals surface area (Å²) in [7, 11) is 0. The maximum absolute atomic E-state index is 11.0. The van der Waals surface area contributed by atoms with Crippen LogP contribution in [0, 0.1) is 6.92 Å². The molecule has 92 valence electrons. The van der Waals surface area contributed by atoms with Crippen molar-refractivity contribution in [3.05, 3.63) is 47.8 Å². The predicted octanol–water partition coefficient (Wildman–Crippen LogP) is 1.86. The Bertz CT molecular complexity index is 597. The molecule has 2 aromatic rings. The molecule has 2 rings (SSSR count). The monoisotopic (exact) mass is 243 g/mol. The average Bonchev–Trinajstić information content (AvgIpc) is 2.34. The second kappa shape index (κ2) is 4.75. The van der Waals surface area contributed by atoms with Crippen molar-refractivity contribution in [2.75, 3.05) is 5.73 Å². The molecule has 18 heavy (non-hydrogen) atoms. The molecule has 0 spiro atoms. The van der Waals surface area contributed by atoms with Gasteiger partial charge in [0.2, 0.25) is 0 Å². The first-order chi connectivity index (χ1) is 8.56. The fraction of sp³-hybridized carbons (Fsp3) is 0.0769. The van der Waals surface area contributed by atoms with Gasteiger partial charge in [-0.25, -0.2) is 0 Å².